The van der Waals surface area contributed by atoms with E-state index in [9.17, 15) is 5.11 Å². The van der Waals surface area contributed by atoms with Crippen LogP contribution in [0.15, 0.2) is 53.1 Å². The van der Waals surface area contributed by atoms with Crippen molar-refractivity contribution in [2.45, 2.75) is 26.0 Å². The van der Waals surface area contributed by atoms with E-state index in [1.54, 1.807) is 6.20 Å². The van der Waals surface area contributed by atoms with E-state index in [2.05, 4.69) is 15.5 Å². The first-order chi connectivity index (χ1) is 11.1. The van der Waals surface area contributed by atoms with Gasteiger partial charge in [0.25, 0.3) is 0 Å². The maximum Gasteiger partial charge on any atom is 0.152 e. The predicted molar refractivity (Wildman–Crippen MR) is 88.7 cm³/mol. The first-order valence-corrected chi connectivity index (χ1v) is 7.64. The van der Waals surface area contributed by atoms with Gasteiger partial charge in [-0.3, -0.25) is 5.10 Å². The molecule has 3 rings (SSSR count). The molecule has 0 aliphatic heterocycles. The summed E-state index contributed by atoms with van der Waals surface area (Å²) >= 11 is 0. The Morgan fingerprint density at radius 1 is 1.22 bits per heavy atom. The van der Waals surface area contributed by atoms with Crippen LogP contribution >= 0.6 is 0 Å². The third-order valence-corrected chi connectivity index (χ3v) is 3.88. The smallest absolute Gasteiger partial charge is 0.152 e. The average Bonchev–Trinajstić information content (AvgIpc) is 3.17. The van der Waals surface area contributed by atoms with Gasteiger partial charge in [-0.1, -0.05) is 30.3 Å². The number of hydrogen-bond donors (Lipinski definition) is 3. The molecule has 5 nitrogen and oxygen atoms in total. The van der Waals surface area contributed by atoms with Gasteiger partial charge < -0.3 is 14.8 Å². The number of aryl methyl sites for hydroxylation is 1. The zero-order valence-electron chi connectivity index (χ0n) is 13.3. The molecule has 2 aromatic heterocycles. The van der Waals surface area contributed by atoms with E-state index in [4.69, 9.17) is 4.42 Å². The minimum Gasteiger partial charge on any atom is -0.460 e. The summed E-state index contributed by atoms with van der Waals surface area (Å²) in [4.78, 5) is 0. The number of nitrogens with one attached hydrogen (secondary N) is 2. The molecule has 0 spiro atoms. The Kier molecular flexibility index (Phi) is 4.32. The van der Waals surface area contributed by atoms with Crippen LogP contribution in [0, 0.1) is 6.92 Å². The van der Waals surface area contributed by atoms with Crippen molar-refractivity contribution < 1.29 is 9.52 Å². The minimum absolute atomic E-state index is 0.443. The van der Waals surface area contributed by atoms with Crippen LogP contribution < -0.4 is 5.32 Å². The number of H-pyrrole nitrogens is 1. The minimum atomic E-state index is -0.924. The van der Waals surface area contributed by atoms with E-state index >= 15 is 0 Å². The second-order valence-corrected chi connectivity index (χ2v) is 5.92. The molecule has 1 atom stereocenters. The third kappa shape index (κ3) is 3.52. The quantitative estimate of drug-likeness (QED) is 0.654. The fraction of sp³-hybridized carbons (Fsp3) is 0.278. The molecule has 0 amide bonds. The van der Waals surface area contributed by atoms with Gasteiger partial charge in [-0.15, -0.1) is 0 Å². The van der Waals surface area contributed by atoms with Crippen LogP contribution in [0.3, 0.4) is 0 Å². The van der Waals surface area contributed by atoms with Gasteiger partial charge in [0.15, 0.2) is 5.76 Å². The van der Waals surface area contributed by atoms with Crippen LogP contribution in [0.2, 0.25) is 0 Å². The second-order valence-electron chi connectivity index (χ2n) is 5.92. The van der Waals surface area contributed by atoms with Crippen molar-refractivity contribution in [3.63, 3.8) is 0 Å². The summed E-state index contributed by atoms with van der Waals surface area (Å²) < 4.78 is 5.64. The van der Waals surface area contributed by atoms with Crippen LogP contribution in [0.1, 0.15) is 23.8 Å². The maximum absolute atomic E-state index is 10.6. The fourth-order valence-electron chi connectivity index (χ4n) is 2.57. The molecule has 1 aromatic carbocycles. The Morgan fingerprint density at radius 3 is 2.70 bits per heavy atom. The van der Waals surface area contributed by atoms with Gasteiger partial charge in [0.1, 0.15) is 11.5 Å². The molecule has 0 saturated carbocycles. The summed E-state index contributed by atoms with van der Waals surface area (Å²) in [6.07, 6.45) is 1.78. The molecule has 120 valence electrons. The molecule has 23 heavy (non-hydrogen) atoms. The topological polar surface area (TPSA) is 74.1 Å². The summed E-state index contributed by atoms with van der Waals surface area (Å²) in [6, 6.07) is 13.5. The van der Waals surface area contributed by atoms with Crippen molar-refractivity contribution >= 4 is 0 Å². The normalized spacial score (nSPS) is 13.9. The third-order valence-electron chi connectivity index (χ3n) is 3.88. The van der Waals surface area contributed by atoms with Gasteiger partial charge in [-0.25, -0.2) is 0 Å². The SMILES string of the molecule is Cc1ccc(-c2[nH]ncc2CNCC(C)(O)c2ccccc2)o1. The van der Waals surface area contributed by atoms with E-state index < -0.39 is 5.60 Å². The van der Waals surface area contributed by atoms with E-state index in [1.807, 2.05) is 56.3 Å². The standard InChI is InChI=1S/C18H21N3O2/c1-13-8-9-16(23-13)17-14(11-20-21-17)10-19-12-18(2,22)15-6-4-3-5-7-15/h3-9,11,19,22H,10,12H2,1-2H3,(H,20,21). The molecule has 0 aliphatic rings. The van der Waals surface area contributed by atoms with E-state index in [1.165, 1.54) is 0 Å². The molecular formula is C18H21N3O2. The number of aromatic nitrogens is 2. The highest BCUT2D eigenvalue weighted by Gasteiger charge is 2.22. The van der Waals surface area contributed by atoms with Crippen LogP contribution in [0.4, 0.5) is 0 Å². The van der Waals surface area contributed by atoms with Crippen molar-refractivity contribution in [2.75, 3.05) is 6.54 Å². The lowest BCUT2D eigenvalue weighted by atomic mass is 9.96. The van der Waals surface area contributed by atoms with Gasteiger partial charge >= 0.3 is 0 Å². The van der Waals surface area contributed by atoms with Gasteiger partial charge in [0, 0.05) is 18.7 Å². The molecule has 5 heteroatoms. The van der Waals surface area contributed by atoms with Crippen molar-refractivity contribution in [3.05, 3.63) is 65.5 Å². The summed E-state index contributed by atoms with van der Waals surface area (Å²) in [6.45, 7) is 4.75. The Hall–Kier alpha value is -2.37. The molecular weight excluding hydrogens is 290 g/mol. The molecule has 0 bridgehead atoms. The number of furan rings is 1. The highest BCUT2D eigenvalue weighted by Crippen LogP contribution is 2.24. The van der Waals surface area contributed by atoms with Gasteiger partial charge in [0.05, 0.1) is 11.8 Å². The first-order valence-electron chi connectivity index (χ1n) is 7.64. The summed E-state index contributed by atoms with van der Waals surface area (Å²) in [5.74, 6) is 1.63. The van der Waals surface area contributed by atoms with Crippen LogP contribution in [0.5, 0.6) is 0 Å². The lowest BCUT2D eigenvalue weighted by molar-refractivity contribution is 0.0567. The molecule has 0 radical (unpaired) electrons. The van der Waals surface area contributed by atoms with Crippen molar-refractivity contribution in [2.24, 2.45) is 0 Å². The van der Waals surface area contributed by atoms with Gasteiger partial charge in [0.2, 0.25) is 0 Å². The Balaban J connectivity index is 1.65. The number of rotatable bonds is 6. The first kappa shape index (κ1) is 15.5. The van der Waals surface area contributed by atoms with E-state index in [0.29, 0.717) is 13.1 Å². The Bertz CT molecular complexity index is 759. The highest BCUT2D eigenvalue weighted by atomic mass is 16.3. The van der Waals surface area contributed by atoms with Gasteiger partial charge in [-0.2, -0.15) is 5.10 Å². The summed E-state index contributed by atoms with van der Waals surface area (Å²) in [5.41, 5.74) is 1.83. The monoisotopic (exact) mass is 311 g/mol. The molecule has 0 fully saturated rings. The maximum atomic E-state index is 10.6. The van der Waals surface area contributed by atoms with Crippen molar-refractivity contribution in [1.82, 2.24) is 15.5 Å². The molecule has 0 saturated heterocycles. The van der Waals surface area contributed by atoms with Crippen LogP contribution in [-0.4, -0.2) is 21.8 Å². The molecule has 0 aliphatic carbocycles. The lowest BCUT2D eigenvalue weighted by Gasteiger charge is -2.24. The predicted octanol–water partition coefficient (Wildman–Crippen LogP) is 2.98. The number of nitrogens with zero attached hydrogens (tertiary/aromatic N) is 1. The number of benzene rings is 1. The summed E-state index contributed by atoms with van der Waals surface area (Å²) in [7, 11) is 0. The molecule has 2 heterocycles. The van der Waals surface area contributed by atoms with E-state index in [-0.39, 0.29) is 0 Å². The Labute approximate surface area is 135 Å². The molecule has 1 unspecified atom stereocenters. The van der Waals surface area contributed by atoms with Crippen molar-refractivity contribution in [1.29, 1.82) is 0 Å². The zero-order valence-corrected chi connectivity index (χ0v) is 13.3. The molecule has 3 aromatic rings. The van der Waals surface area contributed by atoms with Crippen LogP contribution in [0.25, 0.3) is 11.5 Å². The number of aliphatic hydroxyl groups is 1. The van der Waals surface area contributed by atoms with Gasteiger partial charge in [-0.05, 0) is 31.5 Å². The second kappa shape index (κ2) is 6.40. The molecule has 3 N–H and O–H groups in total. The largest absolute Gasteiger partial charge is 0.460 e. The summed E-state index contributed by atoms with van der Waals surface area (Å²) in [5, 5.41) is 21.0. The fourth-order valence-corrected chi connectivity index (χ4v) is 2.57. The van der Waals surface area contributed by atoms with E-state index in [0.717, 1.165) is 28.3 Å². The highest BCUT2D eigenvalue weighted by molar-refractivity contribution is 5.56. The number of hydrogen-bond acceptors (Lipinski definition) is 4. The Morgan fingerprint density at radius 2 is 2.00 bits per heavy atom. The zero-order chi connectivity index (χ0) is 16.3. The average molecular weight is 311 g/mol. The van der Waals surface area contributed by atoms with Crippen LogP contribution in [-0.2, 0) is 12.1 Å². The van der Waals surface area contributed by atoms with Crippen molar-refractivity contribution in [3.8, 4) is 11.5 Å². The lowest BCUT2D eigenvalue weighted by Crippen LogP contribution is -2.35. The number of aromatic amines is 1.